The van der Waals surface area contributed by atoms with Crippen LogP contribution in [0.15, 0.2) is 42.5 Å². The second-order valence-electron chi connectivity index (χ2n) is 7.43. The number of aliphatic carboxylic acids is 1. The second-order valence-corrected chi connectivity index (χ2v) is 7.43. The summed E-state index contributed by atoms with van der Waals surface area (Å²) in [6.07, 6.45) is 1.99. The molecule has 1 N–H and O–H groups in total. The first-order chi connectivity index (χ1) is 14.3. The lowest BCUT2D eigenvalue weighted by Crippen LogP contribution is -2.36. The number of anilines is 1. The predicted molar refractivity (Wildman–Crippen MR) is 111 cm³/mol. The molecule has 0 spiro atoms. The van der Waals surface area contributed by atoms with Gasteiger partial charge < -0.3 is 19.5 Å². The smallest absolute Gasteiger partial charge is 0.334 e. The molecule has 0 aliphatic carbocycles. The van der Waals surface area contributed by atoms with E-state index < -0.39 is 16.8 Å². The fraction of sp³-hybridized carbons (Fsp3) is 0.364. The molecule has 1 heterocycles. The summed E-state index contributed by atoms with van der Waals surface area (Å²) in [5.74, 6) is -0.523. The Hall–Kier alpha value is -3.42. The van der Waals surface area contributed by atoms with Crippen LogP contribution in [0.2, 0.25) is 0 Å². The summed E-state index contributed by atoms with van der Waals surface area (Å²) in [5, 5.41) is 21.0. The van der Waals surface area contributed by atoms with E-state index in [1.54, 1.807) is 37.3 Å². The number of carbonyl (C=O) groups excluding carboxylic acids is 1. The van der Waals surface area contributed by atoms with Gasteiger partial charge in [-0.25, -0.2) is 0 Å². The number of aryl methyl sites for hydroxylation is 1. The Kier molecular flexibility index (Phi) is 6.66. The maximum Gasteiger partial charge on any atom is 0.334 e. The number of rotatable bonds is 8. The first-order valence-electron chi connectivity index (χ1n) is 9.86. The molecule has 2 aromatic rings. The number of ether oxygens (including phenoxy) is 1. The maximum atomic E-state index is 11.8. The summed E-state index contributed by atoms with van der Waals surface area (Å²) in [6, 6.07) is 12.0. The molecule has 0 atom stereocenters. The number of benzene rings is 2. The van der Waals surface area contributed by atoms with Gasteiger partial charge in [0.15, 0.2) is 0 Å². The number of carbonyl (C=O) groups is 2. The van der Waals surface area contributed by atoms with Gasteiger partial charge in [-0.3, -0.25) is 14.9 Å². The molecule has 1 aliphatic rings. The number of nitro benzene ring substituents is 1. The first-order valence-corrected chi connectivity index (χ1v) is 9.86. The molecule has 0 amide bonds. The number of Topliss-reactive ketones (excluding diaryl/α,β-unsaturated/α-hetero) is 1. The zero-order valence-electron chi connectivity index (χ0n) is 16.7. The Bertz CT molecular complexity index is 933. The highest BCUT2D eigenvalue weighted by Crippen LogP contribution is 2.40. The predicted octanol–water partition coefficient (Wildman–Crippen LogP) is 4.21. The van der Waals surface area contributed by atoms with E-state index in [1.165, 1.54) is 0 Å². The quantitative estimate of drug-likeness (QED) is 0.511. The standard InChI is InChI=1S/C22H24N2O6/c1-15(25)5-6-16-7-9-18(10-8-16)30-20-4-2-3-19(21(20)24(28)29)23-13-11-17(12-14-23)22(26)27/h2-4,7-10,17H,5-6,11-14H2,1H3,(H,26,27). The molecule has 8 nitrogen and oxygen atoms in total. The van der Waals surface area contributed by atoms with E-state index in [0.29, 0.717) is 50.2 Å². The minimum absolute atomic E-state index is 0.121. The van der Waals surface area contributed by atoms with E-state index in [2.05, 4.69) is 0 Å². The third-order valence-corrected chi connectivity index (χ3v) is 5.26. The molecule has 0 unspecified atom stereocenters. The molecule has 2 aromatic carbocycles. The lowest BCUT2D eigenvalue weighted by molar-refractivity contribution is -0.384. The van der Waals surface area contributed by atoms with Crippen molar-refractivity contribution in [3.8, 4) is 11.5 Å². The van der Waals surface area contributed by atoms with Crippen molar-refractivity contribution in [3.63, 3.8) is 0 Å². The molecule has 0 bridgehead atoms. The molecule has 0 aromatic heterocycles. The average molecular weight is 412 g/mol. The van der Waals surface area contributed by atoms with E-state index in [4.69, 9.17) is 9.84 Å². The molecule has 8 heteroatoms. The van der Waals surface area contributed by atoms with Gasteiger partial charge in [-0.05, 0) is 56.0 Å². The van der Waals surface area contributed by atoms with E-state index >= 15 is 0 Å². The molecule has 3 rings (SSSR count). The van der Waals surface area contributed by atoms with Crippen molar-refractivity contribution in [3.05, 3.63) is 58.1 Å². The second kappa shape index (κ2) is 9.39. The number of ketones is 1. The van der Waals surface area contributed by atoms with Crippen LogP contribution in [-0.2, 0) is 16.0 Å². The minimum Gasteiger partial charge on any atom is -0.481 e. The van der Waals surface area contributed by atoms with Crippen molar-refractivity contribution in [2.24, 2.45) is 5.92 Å². The van der Waals surface area contributed by atoms with E-state index in [0.717, 1.165) is 5.56 Å². The number of hydrogen-bond acceptors (Lipinski definition) is 6. The van der Waals surface area contributed by atoms with Gasteiger partial charge in [-0.1, -0.05) is 18.2 Å². The van der Waals surface area contributed by atoms with Crippen LogP contribution in [0.1, 0.15) is 31.7 Å². The summed E-state index contributed by atoms with van der Waals surface area (Å²) in [6.45, 7) is 2.42. The third kappa shape index (κ3) is 5.14. The molecular formula is C22H24N2O6. The van der Waals surface area contributed by atoms with Crippen molar-refractivity contribution in [1.29, 1.82) is 0 Å². The lowest BCUT2D eigenvalue weighted by atomic mass is 9.96. The zero-order valence-corrected chi connectivity index (χ0v) is 16.7. The van der Waals surface area contributed by atoms with Crippen LogP contribution < -0.4 is 9.64 Å². The van der Waals surface area contributed by atoms with Crippen molar-refractivity contribution < 1.29 is 24.4 Å². The van der Waals surface area contributed by atoms with Gasteiger partial charge in [-0.15, -0.1) is 0 Å². The van der Waals surface area contributed by atoms with Crippen LogP contribution in [-0.4, -0.2) is 34.9 Å². The molecule has 0 saturated carbocycles. The van der Waals surface area contributed by atoms with Gasteiger partial charge in [0.25, 0.3) is 0 Å². The number of hydrogen-bond donors (Lipinski definition) is 1. The van der Waals surface area contributed by atoms with Crippen LogP contribution in [0.5, 0.6) is 11.5 Å². The Balaban J connectivity index is 1.79. The topological polar surface area (TPSA) is 110 Å². The fourth-order valence-electron chi connectivity index (χ4n) is 3.57. The lowest BCUT2D eigenvalue weighted by Gasteiger charge is -2.31. The summed E-state index contributed by atoms with van der Waals surface area (Å²) in [4.78, 5) is 35.5. The largest absolute Gasteiger partial charge is 0.481 e. The highest BCUT2D eigenvalue weighted by Gasteiger charge is 2.30. The molecule has 0 radical (unpaired) electrons. The summed E-state index contributed by atoms with van der Waals surface area (Å²) >= 11 is 0. The Morgan fingerprint density at radius 2 is 1.83 bits per heavy atom. The molecule has 1 saturated heterocycles. The fourth-order valence-corrected chi connectivity index (χ4v) is 3.57. The molecule has 1 fully saturated rings. The monoisotopic (exact) mass is 412 g/mol. The Morgan fingerprint density at radius 3 is 2.40 bits per heavy atom. The third-order valence-electron chi connectivity index (χ3n) is 5.26. The average Bonchev–Trinajstić information content (AvgIpc) is 2.73. The van der Waals surface area contributed by atoms with Gasteiger partial charge in [0.05, 0.1) is 10.8 Å². The maximum absolute atomic E-state index is 11.8. The van der Waals surface area contributed by atoms with Crippen molar-refractivity contribution in [1.82, 2.24) is 0 Å². The Labute approximate surface area is 174 Å². The van der Waals surface area contributed by atoms with Crippen LogP contribution in [0.25, 0.3) is 0 Å². The molecule has 30 heavy (non-hydrogen) atoms. The van der Waals surface area contributed by atoms with E-state index in [1.807, 2.05) is 17.0 Å². The molecule has 158 valence electrons. The van der Waals surface area contributed by atoms with Crippen molar-refractivity contribution in [2.45, 2.75) is 32.6 Å². The van der Waals surface area contributed by atoms with Crippen LogP contribution >= 0.6 is 0 Å². The number of nitro groups is 1. The van der Waals surface area contributed by atoms with Gasteiger partial charge in [-0.2, -0.15) is 0 Å². The minimum atomic E-state index is -0.826. The van der Waals surface area contributed by atoms with Crippen LogP contribution in [0.3, 0.4) is 0 Å². The summed E-state index contributed by atoms with van der Waals surface area (Å²) in [5.41, 5.74) is 1.29. The first kappa shape index (κ1) is 21.3. The number of carboxylic acids is 1. The Morgan fingerprint density at radius 1 is 1.17 bits per heavy atom. The van der Waals surface area contributed by atoms with Gasteiger partial charge in [0.2, 0.25) is 5.75 Å². The van der Waals surface area contributed by atoms with Crippen LogP contribution in [0, 0.1) is 16.0 Å². The van der Waals surface area contributed by atoms with E-state index in [9.17, 15) is 19.7 Å². The van der Waals surface area contributed by atoms with E-state index in [-0.39, 0.29) is 17.2 Å². The number of para-hydroxylation sites is 1. The normalized spacial score (nSPS) is 14.4. The highest BCUT2D eigenvalue weighted by molar-refractivity contribution is 5.75. The molecule has 1 aliphatic heterocycles. The number of carboxylic acid groups (broad SMARTS) is 1. The van der Waals surface area contributed by atoms with Crippen molar-refractivity contribution in [2.75, 3.05) is 18.0 Å². The summed E-state index contributed by atoms with van der Waals surface area (Å²) in [7, 11) is 0. The zero-order chi connectivity index (χ0) is 21.7. The summed E-state index contributed by atoms with van der Waals surface area (Å²) < 4.78 is 5.81. The highest BCUT2D eigenvalue weighted by atomic mass is 16.6. The molecular weight excluding hydrogens is 388 g/mol. The van der Waals surface area contributed by atoms with Crippen LogP contribution in [0.4, 0.5) is 11.4 Å². The number of piperidine rings is 1. The van der Waals surface area contributed by atoms with Crippen molar-refractivity contribution >= 4 is 23.1 Å². The SMILES string of the molecule is CC(=O)CCc1ccc(Oc2cccc(N3CCC(C(=O)O)CC3)c2[N+](=O)[O-])cc1. The van der Waals surface area contributed by atoms with Gasteiger partial charge in [0, 0.05) is 19.5 Å². The van der Waals surface area contributed by atoms with Gasteiger partial charge >= 0.3 is 11.7 Å². The number of nitrogens with zero attached hydrogens (tertiary/aromatic N) is 2. The van der Waals surface area contributed by atoms with Gasteiger partial charge in [0.1, 0.15) is 17.2 Å².